The number of rotatable bonds is 5. The minimum Gasteiger partial charge on any atom is -0.340 e. The van der Waals surface area contributed by atoms with E-state index in [0.29, 0.717) is 6.54 Å². The predicted octanol–water partition coefficient (Wildman–Crippen LogP) is 2.73. The summed E-state index contributed by atoms with van der Waals surface area (Å²) in [5.41, 5.74) is 3.38. The third-order valence-electron chi connectivity index (χ3n) is 4.85. The van der Waals surface area contributed by atoms with Gasteiger partial charge in [-0.3, -0.25) is 14.8 Å². The van der Waals surface area contributed by atoms with Gasteiger partial charge in [0.15, 0.2) is 0 Å². The van der Waals surface area contributed by atoms with Crippen LogP contribution in [0.15, 0.2) is 36.5 Å². The quantitative estimate of drug-likeness (QED) is 0.919. The second-order valence-electron chi connectivity index (χ2n) is 6.68. The molecule has 1 aliphatic heterocycles. The van der Waals surface area contributed by atoms with E-state index < -0.39 is 0 Å². The number of hydrogen-bond donors (Lipinski definition) is 1. The Kier molecular flexibility index (Phi) is 5.30. The first-order valence-corrected chi connectivity index (χ1v) is 8.67. The molecule has 24 heavy (non-hydrogen) atoms. The Bertz CT molecular complexity index is 667. The van der Waals surface area contributed by atoms with Gasteiger partial charge >= 0.3 is 0 Å². The smallest absolute Gasteiger partial charge is 0.239 e. The molecule has 1 fully saturated rings. The van der Waals surface area contributed by atoms with Crippen molar-refractivity contribution in [2.24, 2.45) is 0 Å². The van der Waals surface area contributed by atoms with Gasteiger partial charge in [-0.15, -0.1) is 0 Å². The lowest BCUT2D eigenvalue weighted by Crippen LogP contribution is -2.49. The van der Waals surface area contributed by atoms with Gasteiger partial charge in [-0.25, -0.2) is 0 Å². The van der Waals surface area contributed by atoms with E-state index in [9.17, 15) is 4.79 Å². The van der Waals surface area contributed by atoms with Gasteiger partial charge in [0.25, 0.3) is 0 Å². The van der Waals surface area contributed by atoms with Gasteiger partial charge in [0.1, 0.15) is 0 Å². The van der Waals surface area contributed by atoms with E-state index in [4.69, 9.17) is 0 Å². The highest BCUT2D eigenvalue weighted by Gasteiger charge is 2.30. The minimum atomic E-state index is -0.0174. The van der Waals surface area contributed by atoms with E-state index in [0.717, 1.165) is 37.2 Å². The molecular formula is C19H26N4O. The molecule has 1 amide bonds. The van der Waals surface area contributed by atoms with E-state index in [1.807, 2.05) is 31.1 Å². The van der Waals surface area contributed by atoms with Crippen LogP contribution in [0.2, 0.25) is 0 Å². The van der Waals surface area contributed by atoms with Crippen LogP contribution in [-0.2, 0) is 17.9 Å². The summed E-state index contributed by atoms with van der Waals surface area (Å²) in [6, 6.07) is 10.4. The van der Waals surface area contributed by atoms with E-state index in [2.05, 4.69) is 39.4 Å². The fourth-order valence-corrected chi connectivity index (χ4v) is 3.40. The number of benzene rings is 1. The number of carbonyl (C=O) groups is 1. The Morgan fingerprint density at radius 2 is 2.12 bits per heavy atom. The largest absolute Gasteiger partial charge is 0.340 e. The minimum absolute atomic E-state index is 0.0174. The van der Waals surface area contributed by atoms with Crippen molar-refractivity contribution >= 4 is 5.91 Å². The van der Waals surface area contributed by atoms with Crippen LogP contribution in [0.1, 0.15) is 36.1 Å². The lowest BCUT2D eigenvalue weighted by Gasteiger charge is -2.36. The molecule has 1 N–H and O–H groups in total. The monoisotopic (exact) mass is 326 g/mol. The summed E-state index contributed by atoms with van der Waals surface area (Å²) in [4.78, 5) is 17.2. The Balaban J connectivity index is 1.67. The van der Waals surface area contributed by atoms with Crippen LogP contribution in [0.4, 0.5) is 0 Å². The van der Waals surface area contributed by atoms with Crippen LogP contribution in [0, 0.1) is 6.92 Å². The first-order chi connectivity index (χ1) is 11.6. The fourth-order valence-electron chi connectivity index (χ4n) is 3.40. The van der Waals surface area contributed by atoms with E-state index >= 15 is 0 Å². The van der Waals surface area contributed by atoms with Gasteiger partial charge in [0.2, 0.25) is 5.91 Å². The van der Waals surface area contributed by atoms with Crippen LogP contribution in [0.25, 0.3) is 0 Å². The summed E-state index contributed by atoms with van der Waals surface area (Å²) >= 11 is 0. The maximum absolute atomic E-state index is 13.0. The zero-order valence-electron chi connectivity index (χ0n) is 14.5. The maximum atomic E-state index is 13.0. The molecule has 1 atom stereocenters. The lowest BCUT2D eigenvalue weighted by atomic mass is 9.99. The number of likely N-dealkylation sites (N-methyl/N-ethyl adjacent to an activating group) is 1. The molecule has 2 heterocycles. The third kappa shape index (κ3) is 3.85. The predicted molar refractivity (Wildman–Crippen MR) is 94.3 cm³/mol. The number of hydrogen-bond acceptors (Lipinski definition) is 3. The molecule has 2 aromatic rings. The Hall–Kier alpha value is -2.14. The van der Waals surface area contributed by atoms with Crippen LogP contribution in [0.5, 0.6) is 0 Å². The number of likely N-dealkylation sites (tertiary alicyclic amines) is 1. The Morgan fingerprint density at radius 3 is 2.83 bits per heavy atom. The van der Waals surface area contributed by atoms with Crippen LogP contribution in [0.3, 0.4) is 0 Å². The summed E-state index contributed by atoms with van der Waals surface area (Å²) in [5, 5.41) is 6.98. The number of piperidine rings is 1. The highest BCUT2D eigenvalue weighted by atomic mass is 16.2. The third-order valence-corrected chi connectivity index (χ3v) is 4.85. The van der Waals surface area contributed by atoms with Crippen molar-refractivity contribution in [3.05, 3.63) is 53.3 Å². The fraction of sp³-hybridized carbons (Fsp3) is 0.474. The van der Waals surface area contributed by atoms with Gasteiger partial charge in [0, 0.05) is 31.4 Å². The topological polar surface area (TPSA) is 52.2 Å². The summed E-state index contributed by atoms with van der Waals surface area (Å²) in [6.07, 6.45) is 5.05. The van der Waals surface area contributed by atoms with E-state index in [1.54, 1.807) is 0 Å². The summed E-state index contributed by atoms with van der Waals surface area (Å²) in [6.45, 7) is 4.43. The highest BCUT2D eigenvalue weighted by Crippen LogP contribution is 2.22. The van der Waals surface area contributed by atoms with Crippen molar-refractivity contribution < 1.29 is 4.79 Å². The zero-order chi connectivity index (χ0) is 16.9. The molecule has 1 aliphatic rings. The van der Waals surface area contributed by atoms with Crippen molar-refractivity contribution in [3.63, 3.8) is 0 Å². The standard InChI is InChI=1S/C19H26N4O/c1-15-17(12-20-21-15)14-22(2)19(24)18-10-6-7-11-23(18)13-16-8-4-3-5-9-16/h3-5,8-9,12,18H,6-7,10-11,13-14H2,1-2H3,(H,20,21). The van der Waals surface area contributed by atoms with Crippen LogP contribution < -0.4 is 0 Å². The highest BCUT2D eigenvalue weighted by molar-refractivity contribution is 5.81. The SMILES string of the molecule is Cc1[nH]ncc1CN(C)C(=O)C1CCCCN1Cc1ccccc1. The number of nitrogens with one attached hydrogen (secondary N) is 1. The number of aromatic amines is 1. The molecule has 0 aliphatic carbocycles. The second kappa shape index (κ2) is 7.62. The van der Waals surface area contributed by atoms with E-state index in [-0.39, 0.29) is 11.9 Å². The number of aryl methyl sites for hydroxylation is 1. The number of carbonyl (C=O) groups excluding carboxylic acids is 1. The number of nitrogens with zero attached hydrogens (tertiary/aromatic N) is 3. The molecule has 3 rings (SSSR count). The van der Waals surface area contributed by atoms with Crippen LogP contribution >= 0.6 is 0 Å². The van der Waals surface area contributed by atoms with Crippen molar-refractivity contribution in [2.75, 3.05) is 13.6 Å². The molecule has 1 aromatic heterocycles. The van der Waals surface area contributed by atoms with Gasteiger partial charge in [0.05, 0.1) is 12.2 Å². The zero-order valence-corrected chi connectivity index (χ0v) is 14.5. The average Bonchev–Trinajstić information content (AvgIpc) is 3.00. The summed E-state index contributed by atoms with van der Waals surface area (Å²) in [5.74, 6) is 0.214. The lowest BCUT2D eigenvalue weighted by molar-refractivity contribution is -0.137. The molecule has 0 radical (unpaired) electrons. The second-order valence-corrected chi connectivity index (χ2v) is 6.68. The molecular weight excluding hydrogens is 300 g/mol. The number of amides is 1. The molecule has 0 spiro atoms. The molecule has 0 saturated carbocycles. The van der Waals surface area contributed by atoms with Gasteiger partial charge in [-0.05, 0) is 31.9 Å². The van der Waals surface area contributed by atoms with Crippen molar-refractivity contribution in [3.8, 4) is 0 Å². The molecule has 128 valence electrons. The van der Waals surface area contributed by atoms with Gasteiger partial charge < -0.3 is 4.90 Å². The first-order valence-electron chi connectivity index (χ1n) is 8.67. The average molecular weight is 326 g/mol. The Morgan fingerprint density at radius 1 is 1.33 bits per heavy atom. The summed E-state index contributed by atoms with van der Waals surface area (Å²) in [7, 11) is 1.89. The molecule has 1 aromatic carbocycles. The molecule has 1 unspecified atom stereocenters. The van der Waals surface area contributed by atoms with Crippen LogP contribution in [-0.4, -0.2) is 45.5 Å². The molecule has 1 saturated heterocycles. The van der Waals surface area contributed by atoms with E-state index in [1.165, 1.54) is 12.0 Å². The van der Waals surface area contributed by atoms with Crippen molar-refractivity contribution in [1.82, 2.24) is 20.0 Å². The summed E-state index contributed by atoms with van der Waals surface area (Å²) < 4.78 is 0. The molecule has 5 nitrogen and oxygen atoms in total. The number of H-pyrrole nitrogens is 1. The van der Waals surface area contributed by atoms with Gasteiger partial charge in [-0.1, -0.05) is 36.8 Å². The maximum Gasteiger partial charge on any atom is 0.239 e. The Labute approximate surface area is 143 Å². The normalized spacial score (nSPS) is 18.5. The first kappa shape index (κ1) is 16.7. The number of aromatic nitrogens is 2. The van der Waals surface area contributed by atoms with Gasteiger partial charge in [-0.2, -0.15) is 5.10 Å². The van der Waals surface area contributed by atoms with Crippen molar-refractivity contribution in [2.45, 2.75) is 45.3 Å². The molecule has 5 heteroatoms. The molecule has 0 bridgehead atoms. The van der Waals surface area contributed by atoms with Crippen molar-refractivity contribution in [1.29, 1.82) is 0 Å².